The molecule has 0 amide bonds. The summed E-state index contributed by atoms with van der Waals surface area (Å²) < 4.78 is 9.99. The lowest BCUT2D eigenvalue weighted by Gasteiger charge is -2.01. The zero-order valence-electron chi connectivity index (χ0n) is 10.0. The Morgan fingerprint density at radius 1 is 1.00 bits per heavy atom. The second-order valence-corrected chi connectivity index (χ2v) is 4.19. The molecule has 1 aromatic rings. The van der Waals surface area contributed by atoms with Gasteiger partial charge in [0.25, 0.3) is 0 Å². The molecule has 1 aromatic carbocycles. The molecule has 2 aliphatic heterocycles. The normalized spacial score (nSPS) is 24.0. The van der Waals surface area contributed by atoms with E-state index >= 15 is 0 Å². The number of rotatable bonds is 5. The molecule has 0 aliphatic carbocycles. The highest BCUT2D eigenvalue weighted by atomic mass is 16.6. The Hall–Kier alpha value is -1.34. The van der Waals surface area contributed by atoms with E-state index in [-0.39, 0.29) is 11.5 Å². The van der Waals surface area contributed by atoms with E-state index in [1.165, 1.54) is 18.2 Å². The molecular weight excluding hydrogens is 236 g/mol. The summed E-state index contributed by atoms with van der Waals surface area (Å²) in [6.07, 6.45) is 0.903. The molecule has 6 nitrogen and oxygen atoms in total. The van der Waals surface area contributed by atoms with Gasteiger partial charge in [-0.2, -0.15) is 0 Å². The van der Waals surface area contributed by atoms with Gasteiger partial charge < -0.3 is 19.7 Å². The van der Waals surface area contributed by atoms with Crippen LogP contribution in [-0.2, 0) is 9.47 Å². The zero-order chi connectivity index (χ0) is 12.8. The molecule has 3 rings (SSSR count). The fourth-order valence-corrected chi connectivity index (χ4v) is 1.24. The van der Waals surface area contributed by atoms with Crippen LogP contribution in [0.4, 0.5) is 0 Å². The highest BCUT2D eigenvalue weighted by Crippen LogP contribution is 2.14. The van der Waals surface area contributed by atoms with Gasteiger partial charge in [-0.1, -0.05) is 6.07 Å². The van der Waals surface area contributed by atoms with Gasteiger partial charge in [0.1, 0.15) is 11.5 Å². The van der Waals surface area contributed by atoms with Crippen molar-refractivity contribution in [1.29, 1.82) is 0 Å². The Labute approximate surface area is 106 Å². The Kier molecular flexibility index (Phi) is 4.77. The zero-order valence-corrected chi connectivity index (χ0v) is 10.0. The molecule has 100 valence electrons. The average molecular weight is 254 g/mol. The van der Waals surface area contributed by atoms with Gasteiger partial charge in [0.05, 0.1) is 25.4 Å². The van der Waals surface area contributed by atoms with E-state index in [1.54, 1.807) is 6.07 Å². The van der Waals surface area contributed by atoms with Gasteiger partial charge in [-0.3, -0.25) is 10.9 Å². The first-order chi connectivity index (χ1) is 8.74. The van der Waals surface area contributed by atoms with Crippen molar-refractivity contribution in [3.05, 3.63) is 24.3 Å². The SMILES string of the molecule is C(NNCC1CO1)C1CO1.Oc1cccc(O)c1. The van der Waals surface area contributed by atoms with Gasteiger partial charge in [0, 0.05) is 19.2 Å². The third-order valence-electron chi connectivity index (χ3n) is 2.42. The Morgan fingerprint density at radius 3 is 1.72 bits per heavy atom. The van der Waals surface area contributed by atoms with Crippen molar-refractivity contribution in [3.8, 4) is 11.5 Å². The van der Waals surface area contributed by atoms with Crippen LogP contribution in [-0.4, -0.2) is 48.7 Å². The first-order valence-corrected chi connectivity index (χ1v) is 5.91. The number of ether oxygens (including phenoxy) is 2. The number of benzene rings is 1. The van der Waals surface area contributed by atoms with Gasteiger partial charge in [0.2, 0.25) is 0 Å². The van der Waals surface area contributed by atoms with Crippen LogP contribution in [0.5, 0.6) is 11.5 Å². The third kappa shape index (κ3) is 5.83. The predicted molar refractivity (Wildman–Crippen MR) is 65.3 cm³/mol. The molecule has 2 heterocycles. The summed E-state index contributed by atoms with van der Waals surface area (Å²) in [5.41, 5.74) is 6.13. The maximum absolute atomic E-state index is 8.65. The molecule has 0 bridgehead atoms. The van der Waals surface area contributed by atoms with Gasteiger partial charge in [-0.05, 0) is 12.1 Å². The largest absolute Gasteiger partial charge is 0.508 e. The number of phenolic OH excluding ortho intramolecular Hbond substituents is 2. The first-order valence-electron chi connectivity index (χ1n) is 5.91. The number of hydrogen-bond donors (Lipinski definition) is 4. The van der Waals surface area contributed by atoms with E-state index < -0.39 is 0 Å². The lowest BCUT2D eigenvalue weighted by Crippen LogP contribution is -2.37. The lowest BCUT2D eigenvalue weighted by atomic mass is 10.3. The molecule has 0 aromatic heterocycles. The van der Waals surface area contributed by atoms with Crippen molar-refractivity contribution in [3.63, 3.8) is 0 Å². The van der Waals surface area contributed by atoms with E-state index in [9.17, 15) is 0 Å². The molecule has 2 fully saturated rings. The maximum atomic E-state index is 8.65. The van der Waals surface area contributed by atoms with Crippen LogP contribution in [0.25, 0.3) is 0 Å². The standard InChI is InChI=1S/C6H12N2O2.C6H6O2/c1(5-3-9-5)7-8-2-6-4-10-6;7-5-2-1-3-6(8)4-5/h5-8H,1-4H2;1-4,7-8H. The smallest absolute Gasteiger partial charge is 0.119 e. The second kappa shape index (κ2) is 6.55. The Morgan fingerprint density at radius 2 is 1.44 bits per heavy atom. The maximum Gasteiger partial charge on any atom is 0.119 e. The lowest BCUT2D eigenvalue weighted by molar-refractivity contribution is 0.359. The number of hydrazine groups is 1. The number of hydrogen-bond acceptors (Lipinski definition) is 6. The van der Waals surface area contributed by atoms with E-state index in [0.29, 0.717) is 12.2 Å². The Bertz CT molecular complexity index is 336. The summed E-state index contributed by atoms with van der Waals surface area (Å²) in [6, 6.07) is 5.85. The Balaban J connectivity index is 0.000000138. The minimum atomic E-state index is 0.0880. The van der Waals surface area contributed by atoms with Crippen LogP contribution < -0.4 is 10.9 Å². The molecule has 2 saturated heterocycles. The number of aromatic hydroxyl groups is 2. The van der Waals surface area contributed by atoms with Crippen LogP contribution >= 0.6 is 0 Å². The molecule has 4 N–H and O–H groups in total. The summed E-state index contributed by atoms with van der Waals surface area (Å²) in [5.74, 6) is 0.176. The van der Waals surface area contributed by atoms with Crippen molar-refractivity contribution in [2.24, 2.45) is 0 Å². The van der Waals surface area contributed by atoms with Gasteiger partial charge in [-0.15, -0.1) is 0 Å². The first kappa shape index (κ1) is 13.1. The van der Waals surface area contributed by atoms with E-state index in [1.807, 2.05) is 0 Å². The summed E-state index contributed by atoms with van der Waals surface area (Å²) in [4.78, 5) is 0. The molecular formula is C12H18N2O4. The molecule has 2 aliphatic rings. The number of epoxide rings is 2. The van der Waals surface area contributed by atoms with Gasteiger partial charge >= 0.3 is 0 Å². The van der Waals surface area contributed by atoms with Gasteiger partial charge in [0.15, 0.2) is 0 Å². The molecule has 0 spiro atoms. The van der Waals surface area contributed by atoms with Crippen LogP contribution in [0, 0.1) is 0 Å². The highest BCUT2D eigenvalue weighted by molar-refractivity contribution is 5.30. The van der Waals surface area contributed by atoms with Crippen molar-refractivity contribution in [2.75, 3.05) is 26.3 Å². The van der Waals surface area contributed by atoms with E-state index in [0.717, 1.165) is 26.3 Å². The molecule has 2 atom stereocenters. The molecule has 0 saturated carbocycles. The number of phenols is 2. The molecule has 2 unspecified atom stereocenters. The van der Waals surface area contributed by atoms with Crippen molar-refractivity contribution in [2.45, 2.75) is 12.2 Å². The van der Waals surface area contributed by atoms with E-state index in [4.69, 9.17) is 19.7 Å². The quantitative estimate of drug-likeness (QED) is 0.335. The van der Waals surface area contributed by atoms with Crippen LogP contribution in [0.15, 0.2) is 24.3 Å². The molecule has 0 radical (unpaired) electrons. The predicted octanol–water partition coefficient (Wildman–Crippen LogP) is -0.0240. The highest BCUT2D eigenvalue weighted by Gasteiger charge is 2.23. The van der Waals surface area contributed by atoms with Crippen molar-refractivity contribution >= 4 is 0 Å². The monoisotopic (exact) mass is 254 g/mol. The second-order valence-electron chi connectivity index (χ2n) is 4.19. The summed E-state index contributed by atoms with van der Waals surface area (Å²) >= 11 is 0. The van der Waals surface area contributed by atoms with E-state index in [2.05, 4.69) is 10.9 Å². The number of nitrogens with one attached hydrogen (secondary N) is 2. The summed E-state index contributed by atoms with van der Waals surface area (Å²) in [6.45, 7) is 3.64. The fraction of sp³-hybridized carbons (Fsp3) is 0.500. The van der Waals surface area contributed by atoms with Gasteiger partial charge in [-0.25, -0.2) is 0 Å². The van der Waals surface area contributed by atoms with Crippen LogP contribution in [0.2, 0.25) is 0 Å². The minimum Gasteiger partial charge on any atom is -0.508 e. The average Bonchev–Trinajstić information content (AvgIpc) is 3.20. The summed E-state index contributed by atoms with van der Waals surface area (Å²) in [5, 5.41) is 17.3. The molecule has 18 heavy (non-hydrogen) atoms. The van der Waals surface area contributed by atoms with Crippen molar-refractivity contribution < 1.29 is 19.7 Å². The summed E-state index contributed by atoms with van der Waals surface area (Å²) in [7, 11) is 0. The fourth-order valence-electron chi connectivity index (χ4n) is 1.24. The molecule has 6 heteroatoms. The van der Waals surface area contributed by atoms with Crippen LogP contribution in [0.3, 0.4) is 0 Å². The van der Waals surface area contributed by atoms with Crippen LogP contribution in [0.1, 0.15) is 0 Å². The third-order valence-corrected chi connectivity index (χ3v) is 2.42. The minimum absolute atomic E-state index is 0.0880. The van der Waals surface area contributed by atoms with Crippen molar-refractivity contribution in [1.82, 2.24) is 10.9 Å². The topological polar surface area (TPSA) is 89.6 Å².